The van der Waals surface area contributed by atoms with Gasteiger partial charge in [-0.3, -0.25) is 4.79 Å². The smallest absolute Gasteiger partial charge is 0.242 e. The Hall–Kier alpha value is -1.70. The van der Waals surface area contributed by atoms with Gasteiger partial charge in [0.1, 0.15) is 0 Å². The van der Waals surface area contributed by atoms with Crippen molar-refractivity contribution in [3.63, 3.8) is 0 Å². The molecule has 26 heavy (non-hydrogen) atoms. The zero-order valence-corrected chi connectivity index (χ0v) is 17.9. The van der Waals surface area contributed by atoms with Crippen molar-refractivity contribution in [3.8, 4) is 0 Å². The Balaban J connectivity index is 2.33. The van der Waals surface area contributed by atoms with E-state index in [0.717, 1.165) is 14.3 Å². The Labute approximate surface area is 163 Å². The van der Waals surface area contributed by atoms with E-state index in [0.29, 0.717) is 11.3 Å². The van der Waals surface area contributed by atoms with Gasteiger partial charge in [0, 0.05) is 24.3 Å². The van der Waals surface area contributed by atoms with Crippen LogP contribution in [0, 0.1) is 6.92 Å². The number of sulfonamides is 1. The summed E-state index contributed by atoms with van der Waals surface area (Å²) in [6.07, 6.45) is 0. The van der Waals surface area contributed by atoms with Crippen LogP contribution < -0.4 is 5.32 Å². The van der Waals surface area contributed by atoms with E-state index < -0.39 is 15.4 Å². The Morgan fingerprint density at radius 1 is 1.08 bits per heavy atom. The van der Waals surface area contributed by atoms with Crippen molar-refractivity contribution in [2.75, 3.05) is 19.4 Å². The fraction of sp³-hybridized carbons (Fsp3) is 0.316. The molecule has 7 heteroatoms. The molecule has 140 valence electrons. The number of carbonyl (C=O) groups is 1. The largest absolute Gasteiger partial charge is 0.325 e. The molecular weight excluding hydrogens is 416 g/mol. The topological polar surface area (TPSA) is 66.5 Å². The highest BCUT2D eigenvalue weighted by molar-refractivity contribution is 9.10. The van der Waals surface area contributed by atoms with Crippen LogP contribution >= 0.6 is 15.9 Å². The first-order chi connectivity index (χ1) is 12.0. The van der Waals surface area contributed by atoms with Crippen molar-refractivity contribution in [1.82, 2.24) is 4.31 Å². The Morgan fingerprint density at radius 2 is 1.65 bits per heavy atom. The lowest BCUT2D eigenvalue weighted by Crippen LogP contribution is -2.34. The lowest BCUT2D eigenvalue weighted by atomic mass is 9.83. The number of amides is 1. The van der Waals surface area contributed by atoms with Gasteiger partial charge in [0.15, 0.2) is 0 Å². The van der Waals surface area contributed by atoms with Crippen LogP contribution in [0.3, 0.4) is 0 Å². The van der Waals surface area contributed by atoms with Crippen molar-refractivity contribution in [1.29, 1.82) is 0 Å². The molecule has 0 saturated carbocycles. The Morgan fingerprint density at radius 3 is 2.19 bits per heavy atom. The second kappa shape index (κ2) is 7.50. The Bertz CT molecular complexity index is 920. The number of rotatable bonds is 5. The minimum Gasteiger partial charge on any atom is -0.325 e. The number of anilines is 1. The SMILES string of the molecule is Cc1ccc(NC(=O)C(C)(C)c2ccc(Br)cc2)cc1S(=O)(=O)N(C)C. The van der Waals surface area contributed by atoms with Gasteiger partial charge in [0.25, 0.3) is 0 Å². The summed E-state index contributed by atoms with van der Waals surface area (Å²) in [4.78, 5) is 13.0. The molecule has 0 saturated heterocycles. The number of benzene rings is 2. The number of hydrogen-bond acceptors (Lipinski definition) is 3. The summed E-state index contributed by atoms with van der Waals surface area (Å²) in [7, 11) is -0.616. The molecule has 0 aliphatic rings. The monoisotopic (exact) mass is 438 g/mol. The molecule has 1 N–H and O–H groups in total. The first-order valence-corrected chi connectivity index (χ1v) is 10.3. The second-order valence-corrected chi connectivity index (χ2v) is 9.89. The second-order valence-electron chi connectivity index (χ2n) is 6.85. The van der Waals surface area contributed by atoms with Crippen LogP contribution in [0.2, 0.25) is 0 Å². The third-order valence-corrected chi connectivity index (χ3v) is 6.82. The fourth-order valence-electron chi connectivity index (χ4n) is 2.44. The number of nitrogens with one attached hydrogen (secondary N) is 1. The Kier molecular flexibility index (Phi) is 5.95. The van der Waals surface area contributed by atoms with Crippen LogP contribution in [0.15, 0.2) is 51.8 Å². The van der Waals surface area contributed by atoms with E-state index in [-0.39, 0.29) is 10.8 Å². The van der Waals surface area contributed by atoms with E-state index >= 15 is 0 Å². The summed E-state index contributed by atoms with van der Waals surface area (Å²) in [5, 5.41) is 2.84. The maximum absolute atomic E-state index is 12.8. The van der Waals surface area contributed by atoms with Gasteiger partial charge in [-0.15, -0.1) is 0 Å². The lowest BCUT2D eigenvalue weighted by Gasteiger charge is -2.24. The molecule has 0 unspecified atom stereocenters. The summed E-state index contributed by atoms with van der Waals surface area (Å²) in [5.74, 6) is -0.211. The molecule has 2 rings (SSSR count). The highest BCUT2D eigenvalue weighted by atomic mass is 79.9. The van der Waals surface area contributed by atoms with E-state index in [2.05, 4.69) is 21.2 Å². The molecule has 0 spiro atoms. The van der Waals surface area contributed by atoms with Crippen molar-refractivity contribution in [3.05, 3.63) is 58.1 Å². The van der Waals surface area contributed by atoms with Gasteiger partial charge in [-0.2, -0.15) is 0 Å². The van der Waals surface area contributed by atoms with E-state index in [1.807, 2.05) is 38.1 Å². The number of halogens is 1. The van der Waals surface area contributed by atoms with Gasteiger partial charge >= 0.3 is 0 Å². The molecular formula is C19H23BrN2O3S. The predicted molar refractivity (Wildman–Crippen MR) is 108 cm³/mol. The highest BCUT2D eigenvalue weighted by Gasteiger charge is 2.30. The molecule has 0 heterocycles. The number of hydrogen-bond donors (Lipinski definition) is 1. The zero-order chi connectivity index (χ0) is 19.7. The average Bonchev–Trinajstić information content (AvgIpc) is 2.56. The van der Waals surface area contributed by atoms with Crippen LogP contribution in [0.1, 0.15) is 25.0 Å². The molecule has 5 nitrogen and oxygen atoms in total. The van der Waals surface area contributed by atoms with Crippen molar-refractivity contribution < 1.29 is 13.2 Å². The van der Waals surface area contributed by atoms with Crippen molar-refractivity contribution in [2.24, 2.45) is 0 Å². The summed E-state index contributed by atoms with van der Waals surface area (Å²) in [6, 6.07) is 12.5. The molecule has 2 aromatic rings. The lowest BCUT2D eigenvalue weighted by molar-refractivity contribution is -0.120. The molecule has 0 aliphatic carbocycles. The maximum Gasteiger partial charge on any atom is 0.242 e. The van der Waals surface area contributed by atoms with E-state index in [9.17, 15) is 13.2 Å². The molecule has 0 atom stereocenters. The van der Waals surface area contributed by atoms with Gasteiger partial charge < -0.3 is 5.32 Å². The molecule has 0 bridgehead atoms. The van der Waals surface area contributed by atoms with E-state index in [1.54, 1.807) is 19.1 Å². The number of carbonyl (C=O) groups excluding carboxylic acids is 1. The van der Waals surface area contributed by atoms with E-state index in [1.165, 1.54) is 20.2 Å². The van der Waals surface area contributed by atoms with Gasteiger partial charge in [-0.05, 0) is 56.2 Å². The first kappa shape index (κ1) is 20.6. The van der Waals surface area contributed by atoms with Crippen molar-refractivity contribution >= 4 is 37.5 Å². The minimum absolute atomic E-state index is 0.182. The molecule has 0 radical (unpaired) electrons. The highest BCUT2D eigenvalue weighted by Crippen LogP contribution is 2.28. The molecule has 0 aliphatic heterocycles. The summed E-state index contributed by atoms with van der Waals surface area (Å²) >= 11 is 3.39. The summed E-state index contributed by atoms with van der Waals surface area (Å²) in [6.45, 7) is 5.39. The third-order valence-electron chi connectivity index (χ3n) is 4.34. The minimum atomic E-state index is -3.58. The zero-order valence-electron chi connectivity index (χ0n) is 15.5. The average molecular weight is 439 g/mol. The standard InChI is InChI=1S/C19H23BrN2O3S/c1-13-6-11-16(12-17(13)26(24,25)22(4)5)21-18(23)19(2,3)14-7-9-15(20)10-8-14/h6-12H,1-5H3,(H,21,23). The van der Waals surface area contributed by atoms with Crippen LogP contribution in [0.4, 0.5) is 5.69 Å². The molecule has 0 fully saturated rings. The summed E-state index contributed by atoms with van der Waals surface area (Å²) < 4.78 is 27.0. The van der Waals surface area contributed by atoms with Gasteiger partial charge in [0.2, 0.25) is 15.9 Å². The van der Waals surface area contributed by atoms with Crippen LogP contribution in [-0.4, -0.2) is 32.7 Å². The molecule has 2 aromatic carbocycles. The number of nitrogens with zero attached hydrogens (tertiary/aromatic N) is 1. The van der Waals surface area contributed by atoms with Gasteiger partial charge in [-0.25, -0.2) is 12.7 Å². The van der Waals surface area contributed by atoms with Crippen LogP contribution in [0.5, 0.6) is 0 Å². The third kappa shape index (κ3) is 4.16. The first-order valence-electron chi connectivity index (χ1n) is 8.07. The van der Waals surface area contributed by atoms with E-state index in [4.69, 9.17) is 0 Å². The molecule has 0 aromatic heterocycles. The van der Waals surface area contributed by atoms with Gasteiger partial charge in [0.05, 0.1) is 10.3 Å². The normalized spacial score (nSPS) is 12.3. The number of aryl methyl sites for hydroxylation is 1. The van der Waals surface area contributed by atoms with Gasteiger partial charge in [-0.1, -0.05) is 34.1 Å². The van der Waals surface area contributed by atoms with Crippen LogP contribution in [-0.2, 0) is 20.2 Å². The summed E-state index contributed by atoms with van der Waals surface area (Å²) in [5.41, 5.74) is 1.17. The predicted octanol–water partition coefficient (Wildman–Crippen LogP) is 3.92. The quantitative estimate of drug-likeness (QED) is 0.768. The fourth-order valence-corrected chi connectivity index (χ4v) is 3.85. The molecule has 1 amide bonds. The van der Waals surface area contributed by atoms with Crippen LogP contribution in [0.25, 0.3) is 0 Å². The van der Waals surface area contributed by atoms with Crippen molar-refractivity contribution in [2.45, 2.75) is 31.1 Å². The maximum atomic E-state index is 12.8.